The highest BCUT2D eigenvalue weighted by Gasteiger charge is 2.27. The maximum atomic E-state index is 13.4. The number of esters is 1. The third kappa shape index (κ3) is 3.97. The van der Waals surface area contributed by atoms with Crippen LogP contribution in [0.1, 0.15) is 24.9 Å². The van der Waals surface area contributed by atoms with Crippen molar-refractivity contribution >= 4 is 61.2 Å². The minimum atomic E-state index is -0.601. The first-order valence-corrected chi connectivity index (χ1v) is 11.4. The molecule has 4 aromatic rings. The highest BCUT2D eigenvalue weighted by atomic mass is 35.5. The van der Waals surface area contributed by atoms with Crippen LogP contribution in [0.5, 0.6) is 5.75 Å². The Morgan fingerprint density at radius 3 is 2.44 bits per heavy atom. The summed E-state index contributed by atoms with van der Waals surface area (Å²) < 4.78 is 24.4. The fourth-order valence-electron chi connectivity index (χ4n) is 3.37. The summed E-state index contributed by atoms with van der Waals surface area (Å²) in [4.78, 5) is 26.8. The summed E-state index contributed by atoms with van der Waals surface area (Å²) in [6.07, 6.45) is 0. The topological polar surface area (TPSA) is 64.6 Å². The average Bonchev–Trinajstić information content (AvgIpc) is 3.29. The van der Waals surface area contributed by atoms with Gasteiger partial charge < -0.3 is 14.8 Å². The van der Waals surface area contributed by atoms with Crippen molar-refractivity contribution < 1.29 is 23.5 Å². The van der Waals surface area contributed by atoms with Gasteiger partial charge in [0.2, 0.25) is 0 Å². The van der Waals surface area contributed by atoms with E-state index < -0.39 is 11.9 Å². The molecule has 0 atom stereocenters. The van der Waals surface area contributed by atoms with Crippen molar-refractivity contribution in [3.8, 4) is 16.9 Å². The highest BCUT2D eigenvalue weighted by molar-refractivity contribution is 7.22. The smallest absolute Gasteiger partial charge is 0.341 e. The van der Waals surface area contributed by atoms with E-state index in [2.05, 4.69) is 5.32 Å². The molecule has 0 radical (unpaired) electrons. The van der Waals surface area contributed by atoms with E-state index in [4.69, 9.17) is 21.1 Å². The maximum absolute atomic E-state index is 13.4. The summed E-state index contributed by atoms with van der Waals surface area (Å²) in [5.74, 6) is -0.788. The Morgan fingerprint density at radius 1 is 1.06 bits per heavy atom. The third-order valence-corrected chi connectivity index (χ3v) is 7.57. The van der Waals surface area contributed by atoms with Gasteiger partial charge >= 0.3 is 5.97 Å². The summed E-state index contributed by atoms with van der Waals surface area (Å²) in [5.41, 5.74) is 1.45. The van der Waals surface area contributed by atoms with Gasteiger partial charge in [-0.15, -0.1) is 22.7 Å². The number of benzene rings is 2. The molecule has 0 aliphatic heterocycles. The summed E-state index contributed by atoms with van der Waals surface area (Å²) in [7, 11) is 2.83. The predicted molar refractivity (Wildman–Crippen MR) is 127 cm³/mol. The molecule has 0 fully saturated rings. The van der Waals surface area contributed by atoms with Crippen molar-refractivity contribution in [2.45, 2.75) is 6.92 Å². The van der Waals surface area contributed by atoms with Gasteiger partial charge in [0, 0.05) is 20.5 Å². The zero-order valence-electron chi connectivity index (χ0n) is 17.2. The minimum Gasteiger partial charge on any atom is -0.497 e. The lowest BCUT2D eigenvalue weighted by Crippen LogP contribution is -2.13. The van der Waals surface area contributed by atoms with Gasteiger partial charge in [-0.1, -0.05) is 23.7 Å². The number of hydrogen-bond donors (Lipinski definition) is 1. The van der Waals surface area contributed by atoms with Gasteiger partial charge in [-0.05, 0) is 42.8 Å². The number of ether oxygens (including phenoxy) is 2. The number of thiophene rings is 2. The van der Waals surface area contributed by atoms with Gasteiger partial charge in [-0.3, -0.25) is 4.79 Å². The van der Waals surface area contributed by atoms with Gasteiger partial charge in [-0.2, -0.15) is 0 Å². The molecule has 2 heterocycles. The Balaban J connectivity index is 1.76. The Bertz CT molecular complexity index is 1340. The van der Waals surface area contributed by atoms with Crippen LogP contribution >= 0.6 is 34.3 Å². The summed E-state index contributed by atoms with van der Waals surface area (Å²) in [6, 6.07) is 11.2. The van der Waals surface area contributed by atoms with Crippen molar-refractivity contribution in [2.24, 2.45) is 0 Å². The van der Waals surface area contributed by atoms with Gasteiger partial charge in [-0.25, -0.2) is 9.18 Å². The predicted octanol–water partition coefficient (Wildman–Crippen LogP) is 6.78. The number of rotatable bonds is 5. The van der Waals surface area contributed by atoms with E-state index >= 15 is 0 Å². The van der Waals surface area contributed by atoms with Crippen LogP contribution in [0.15, 0.2) is 42.5 Å². The second-order valence-corrected chi connectivity index (χ2v) is 9.45. The second-order valence-electron chi connectivity index (χ2n) is 6.80. The number of aryl methyl sites for hydroxylation is 1. The van der Waals surface area contributed by atoms with Gasteiger partial charge in [0.25, 0.3) is 5.91 Å². The number of anilines is 1. The number of halogens is 2. The van der Waals surface area contributed by atoms with Gasteiger partial charge in [0.05, 0.1) is 19.2 Å². The molecule has 0 saturated heterocycles. The lowest BCUT2D eigenvalue weighted by molar-refractivity contribution is 0.0603. The number of hydrogen-bond acceptors (Lipinski definition) is 6. The zero-order chi connectivity index (χ0) is 23.0. The standard InChI is InChI=1S/C23H17ClFNO4S2/c1-11-17(12-4-6-13(25)7-5-12)18(23(28)30-3)22(31-11)26-21(27)20-19(24)15-10-14(29-2)8-9-16(15)32-20/h4-10H,1-3H3,(H,26,27). The first kappa shape index (κ1) is 22.3. The molecular weight excluding hydrogens is 473 g/mol. The molecule has 4 rings (SSSR count). The number of nitrogens with one attached hydrogen (secondary N) is 1. The SMILES string of the molecule is COC(=O)c1c(NC(=O)c2sc3ccc(OC)cc3c2Cl)sc(C)c1-c1ccc(F)cc1. The van der Waals surface area contributed by atoms with Crippen LogP contribution in [-0.2, 0) is 4.74 Å². The Hall–Kier alpha value is -2.94. The maximum Gasteiger partial charge on any atom is 0.341 e. The number of fused-ring (bicyclic) bond motifs is 1. The van der Waals surface area contributed by atoms with E-state index in [0.717, 1.165) is 9.58 Å². The Morgan fingerprint density at radius 2 is 1.78 bits per heavy atom. The van der Waals surface area contributed by atoms with E-state index in [1.165, 1.54) is 41.9 Å². The van der Waals surface area contributed by atoms with E-state index in [1.54, 1.807) is 31.4 Å². The molecule has 5 nitrogen and oxygen atoms in total. The largest absolute Gasteiger partial charge is 0.497 e. The van der Waals surface area contributed by atoms with Crippen molar-refractivity contribution in [3.05, 3.63) is 68.6 Å². The molecule has 0 aliphatic rings. The molecular formula is C23H17ClFNO4S2. The fourth-order valence-corrected chi connectivity index (χ4v) is 5.82. The third-order valence-electron chi connectivity index (χ3n) is 4.87. The van der Waals surface area contributed by atoms with Crippen LogP contribution in [0.4, 0.5) is 9.39 Å². The quantitative estimate of drug-likeness (QED) is 0.314. The van der Waals surface area contributed by atoms with Crippen LogP contribution < -0.4 is 10.1 Å². The van der Waals surface area contributed by atoms with Crippen LogP contribution in [-0.4, -0.2) is 26.1 Å². The molecule has 0 saturated carbocycles. The summed E-state index contributed by atoms with van der Waals surface area (Å²) >= 11 is 8.98. The highest BCUT2D eigenvalue weighted by Crippen LogP contribution is 2.42. The molecule has 0 aliphatic carbocycles. The summed E-state index contributed by atoms with van der Waals surface area (Å²) in [6.45, 7) is 1.82. The average molecular weight is 490 g/mol. The summed E-state index contributed by atoms with van der Waals surface area (Å²) in [5, 5.41) is 4.18. The van der Waals surface area contributed by atoms with Crippen molar-refractivity contribution in [1.82, 2.24) is 0 Å². The van der Waals surface area contributed by atoms with E-state index in [0.29, 0.717) is 37.2 Å². The molecule has 0 bridgehead atoms. The van der Waals surface area contributed by atoms with Crippen LogP contribution in [0, 0.1) is 12.7 Å². The van der Waals surface area contributed by atoms with Crippen LogP contribution in [0.2, 0.25) is 5.02 Å². The van der Waals surface area contributed by atoms with Gasteiger partial charge in [0.15, 0.2) is 0 Å². The Kier molecular flexibility index (Phi) is 6.19. The van der Waals surface area contributed by atoms with E-state index in [9.17, 15) is 14.0 Å². The molecule has 164 valence electrons. The number of carbonyl (C=O) groups is 2. The molecule has 9 heteroatoms. The van der Waals surface area contributed by atoms with Gasteiger partial charge in [0.1, 0.15) is 27.0 Å². The second kappa shape index (κ2) is 8.90. The van der Waals surface area contributed by atoms with E-state index in [-0.39, 0.29) is 11.4 Å². The monoisotopic (exact) mass is 489 g/mol. The first-order valence-electron chi connectivity index (χ1n) is 9.39. The molecule has 2 aromatic heterocycles. The fraction of sp³-hybridized carbons (Fsp3) is 0.130. The number of amides is 1. The number of carbonyl (C=O) groups excluding carboxylic acids is 2. The molecule has 1 N–H and O–H groups in total. The zero-order valence-corrected chi connectivity index (χ0v) is 19.6. The molecule has 32 heavy (non-hydrogen) atoms. The normalized spacial score (nSPS) is 10.9. The minimum absolute atomic E-state index is 0.217. The van der Waals surface area contributed by atoms with Crippen molar-refractivity contribution in [2.75, 3.05) is 19.5 Å². The lowest BCUT2D eigenvalue weighted by Gasteiger charge is -2.08. The molecule has 0 spiro atoms. The van der Waals surface area contributed by atoms with Crippen molar-refractivity contribution in [1.29, 1.82) is 0 Å². The number of methoxy groups -OCH3 is 2. The molecule has 2 aromatic carbocycles. The molecule has 0 unspecified atom stereocenters. The first-order chi connectivity index (χ1) is 15.3. The van der Waals surface area contributed by atoms with E-state index in [1.807, 2.05) is 13.0 Å². The van der Waals surface area contributed by atoms with Crippen LogP contribution in [0.25, 0.3) is 21.2 Å². The lowest BCUT2D eigenvalue weighted by atomic mass is 10.0. The molecule has 1 amide bonds. The van der Waals surface area contributed by atoms with Crippen LogP contribution in [0.3, 0.4) is 0 Å². The van der Waals surface area contributed by atoms with Crippen molar-refractivity contribution in [3.63, 3.8) is 0 Å². The Labute approximate surface area is 196 Å².